The van der Waals surface area contributed by atoms with Gasteiger partial charge in [-0.3, -0.25) is 14.9 Å². The summed E-state index contributed by atoms with van der Waals surface area (Å²) in [6.07, 6.45) is 5.82. The van der Waals surface area contributed by atoms with Crippen LogP contribution < -0.4 is 5.32 Å². The highest BCUT2D eigenvalue weighted by atomic mass is 19.1. The van der Waals surface area contributed by atoms with Crippen molar-refractivity contribution < 1.29 is 18.3 Å². The monoisotopic (exact) mass is 452 g/mol. The number of furan rings is 1. The molecule has 1 aliphatic heterocycles. The summed E-state index contributed by atoms with van der Waals surface area (Å²) < 4.78 is 26.0. The minimum atomic E-state index is -1.12. The van der Waals surface area contributed by atoms with E-state index in [9.17, 15) is 9.18 Å². The van der Waals surface area contributed by atoms with E-state index in [4.69, 9.17) is 9.15 Å². The van der Waals surface area contributed by atoms with Gasteiger partial charge >= 0.3 is 0 Å². The number of amides is 1. The number of carbonyl (C=O) groups is 1. The highest BCUT2D eigenvalue weighted by Crippen LogP contribution is 2.40. The van der Waals surface area contributed by atoms with E-state index in [1.807, 2.05) is 42.2 Å². The second-order valence-electron chi connectivity index (χ2n) is 8.04. The topological polar surface area (TPSA) is 99.5 Å². The third-order valence-corrected chi connectivity index (χ3v) is 6.06. The van der Waals surface area contributed by atoms with Crippen LogP contribution in [0.1, 0.15) is 35.6 Å². The molecule has 33 heavy (non-hydrogen) atoms. The molecule has 0 radical (unpaired) electrons. The van der Waals surface area contributed by atoms with E-state index in [0.29, 0.717) is 24.5 Å². The van der Waals surface area contributed by atoms with E-state index in [-0.39, 0.29) is 17.8 Å². The molecular formula is C23H25FN6O3. The molecule has 1 amide bonds. The molecule has 2 N–H and O–H groups in total. The number of rotatable bonds is 7. The van der Waals surface area contributed by atoms with Crippen molar-refractivity contribution in [3.8, 4) is 11.3 Å². The zero-order chi connectivity index (χ0) is 22.9. The number of aromatic nitrogens is 3. The highest BCUT2D eigenvalue weighted by molar-refractivity contribution is 5.93. The Morgan fingerprint density at radius 3 is 2.94 bits per heavy atom. The van der Waals surface area contributed by atoms with Gasteiger partial charge in [0.1, 0.15) is 18.0 Å². The first-order valence-corrected chi connectivity index (χ1v) is 10.9. The van der Waals surface area contributed by atoms with E-state index in [1.165, 1.54) is 0 Å². The van der Waals surface area contributed by atoms with Gasteiger partial charge in [0, 0.05) is 38.7 Å². The Bertz CT molecular complexity index is 1130. The molecule has 1 saturated carbocycles. The molecule has 172 valence electrons. The molecule has 1 fully saturated rings. The number of nitrogens with one attached hydrogen (secondary N) is 2. The highest BCUT2D eigenvalue weighted by Gasteiger charge is 2.49. The van der Waals surface area contributed by atoms with Crippen LogP contribution in [0.4, 0.5) is 4.39 Å². The summed E-state index contributed by atoms with van der Waals surface area (Å²) in [5.41, 5.74) is 2.08. The van der Waals surface area contributed by atoms with Gasteiger partial charge in [0.2, 0.25) is 0 Å². The maximum atomic E-state index is 14.8. The number of ether oxygens (including phenoxy) is 1. The third kappa shape index (κ3) is 3.91. The Morgan fingerprint density at radius 2 is 2.24 bits per heavy atom. The zero-order valence-electron chi connectivity index (χ0n) is 18.3. The van der Waals surface area contributed by atoms with Crippen LogP contribution in [0, 0.1) is 0 Å². The summed E-state index contributed by atoms with van der Waals surface area (Å²) in [7, 11) is 1.86. The lowest BCUT2D eigenvalue weighted by molar-refractivity contribution is -0.146. The molecule has 5 rings (SSSR count). The maximum Gasteiger partial charge on any atom is 0.291 e. The number of aromatic amines is 1. The Kier molecular flexibility index (Phi) is 5.69. The van der Waals surface area contributed by atoms with Crippen LogP contribution in [0.2, 0.25) is 0 Å². The number of hydrogen-bond acceptors (Lipinski definition) is 7. The van der Waals surface area contributed by atoms with Crippen LogP contribution >= 0.6 is 0 Å². The molecule has 0 aromatic carbocycles. The molecule has 3 unspecified atom stereocenters. The summed E-state index contributed by atoms with van der Waals surface area (Å²) in [6.45, 7) is 2.34. The van der Waals surface area contributed by atoms with Gasteiger partial charge in [0.15, 0.2) is 5.76 Å². The number of carbonyl (C=O) groups excluding carboxylic acids is 1. The predicted octanol–water partition coefficient (Wildman–Crippen LogP) is 3.06. The minimum Gasteiger partial charge on any atom is -0.451 e. The average molecular weight is 452 g/mol. The molecular weight excluding hydrogens is 427 g/mol. The zero-order valence-corrected chi connectivity index (χ0v) is 18.3. The third-order valence-electron chi connectivity index (χ3n) is 6.06. The van der Waals surface area contributed by atoms with E-state index >= 15 is 0 Å². The van der Waals surface area contributed by atoms with Crippen molar-refractivity contribution in [2.75, 3.05) is 13.7 Å². The maximum absolute atomic E-state index is 14.8. The Hall–Kier alpha value is -3.50. The number of hydrazine groups is 1. The fourth-order valence-corrected chi connectivity index (χ4v) is 4.33. The van der Waals surface area contributed by atoms with Gasteiger partial charge in [-0.05, 0) is 31.2 Å². The van der Waals surface area contributed by atoms with Gasteiger partial charge in [-0.25, -0.2) is 9.40 Å². The molecule has 2 aliphatic rings. The Morgan fingerprint density at radius 1 is 1.36 bits per heavy atom. The normalized spacial score (nSPS) is 25.1. The Labute approximate surface area is 190 Å². The number of pyridine rings is 1. The lowest BCUT2D eigenvalue weighted by Crippen LogP contribution is -2.59. The van der Waals surface area contributed by atoms with Crippen molar-refractivity contribution in [2.45, 2.75) is 37.7 Å². The van der Waals surface area contributed by atoms with E-state index in [0.717, 1.165) is 11.3 Å². The van der Waals surface area contributed by atoms with Gasteiger partial charge in [-0.15, -0.1) is 0 Å². The predicted molar refractivity (Wildman–Crippen MR) is 117 cm³/mol. The second-order valence-corrected chi connectivity index (χ2v) is 8.04. The van der Waals surface area contributed by atoms with E-state index < -0.39 is 18.2 Å². The van der Waals surface area contributed by atoms with Gasteiger partial charge in [-0.1, -0.05) is 6.07 Å². The summed E-state index contributed by atoms with van der Waals surface area (Å²) in [5, 5.41) is 13.3. The first-order chi connectivity index (χ1) is 16.1. The minimum absolute atomic E-state index is 0.163. The number of alkyl halides is 1. The van der Waals surface area contributed by atoms with Crippen molar-refractivity contribution in [3.63, 3.8) is 0 Å². The van der Waals surface area contributed by atoms with Crippen LogP contribution in [0.15, 0.2) is 65.2 Å². The van der Waals surface area contributed by atoms with Crippen molar-refractivity contribution in [2.24, 2.45) is 0 Å². The van der Waals surface area contributed by atoms with Crippen LogP contribution in [-0.4, -0.2) is 63.1 Å². The van der Waals surface area contributed by atoms with Crippen LogP contribution in [-0.2, 0) is 4.74 Å². The first-order valence-electron chi connectivity index (χ1n) is 10.9. The standard InChI is InChI=1S/C23H25FN6O3/c1-3-32-20-10-17(21(20)24)30-13-16(22(29(30)2)15-6-4-5-9-25-15)28-23(31)19-8-7-18(33-19)14-11-26-27-12-14/h4-9,11-13,17,20-22H,3,10H2,1-2H3,(H,26,27)(H,28,31)/t17?,20-,21?,22?/m1/s1. The van der Waals surface area contributed by atoms with Gasteiger partial charge in [0.05, 0.1) is 35.3 Å². The smallest absolute Gasteiger partial charge is 0.291 e. The van der Waals surface area contributed by atoms with Crippen LogP contribution in [0.3, 0.4) is 0 Å². The summed E-state index contributed by atoms with van der Waals surface area (Å²) in [4.78, 5) is 17.5. The fraction of sp³-hybridized carbons (Fsp3) is 0.348. The number of likely N-dealkylation sites (N-methyl/N-ethyl adjacent to an activating group) is 1. The molecule has 3 aromatic rings. The fourth-order valence-electron chi connectivity index (χ4n) is 4.33. The Balaban J connectivity index is 1.38. The molecule has 0 saturated heterocycles. The SMILES string of the molecule is CCO[C@@H]1CC(N2C=C(NC(=O)c3ccc(-c4cn[nH]c4)o3)C(c3ccccn3)N2C)C1F. The van der Waals surface area contributed by atoms with Crippen molar-refractivity contribution in [1.29, 1.82) is 0 Å². The lowest BCUT2D eigenvalue weighted by Gasteiger charge is -2.46. The van der Waals surface area contributed by atoms with Crippen molar-refractivity contribution in [3.05, 3.63) is 72.3 Å². The molecule has 0 bridgehead atoms. The molecule has 4 atom stereocenters. The van der Waals surface area contributed by atoms with E-state index in [2.05, 4.69) is 20.5 Å². The summed E-state index contributed by atoms with van der Waals surface area (Å²) in [6, 6.07) is 8.17. The number of H-pyrrole nitrogens is 1. The second kappa shape index (κ2) is 8.80. The molecule has 4 heterocycles. The molecule has 0 spiro atoms. The quantitative estimate of drug-likeness (QED) is 0.568. The largest absolute Gasteiger partial charge is 0.451 e. The van der Waals surface area contributed by atoms with Gasteiger partial charge < -0.3 is 19.5 Å². The molecule has 10 heteroatoms. The molecule has 3 aromatic heterocycles. The number of halogens is 1. The molecule has 1 aliphatic carbocycles. The van der Waals surface area contributed by atoms with Crippen molar-refractivity contribution in [1.82, 2.24) is 30.5 Å². The van der Waals surface area contributed by atoms with Crippen LogP contribution in [0.5, 0.6) is 0 Å². The summed E-state index contributed by atoms with van der Waals surface area (Å²) >= 11 is 0. The lowest BCUT2D eigenvalue weighted by atomic mass is 9.86. The van der Waals surface area contributed by atoms with E-state index in [1.54, 1.807) is 36.9 Å². The van der Waals surface area contributed by atoms with Gasteiger partial charge in [0.25, 0.3) is 5.91 Å². The van der Waals surface area contributed by atoms with Crippen LogP contribution in [0.25, 0.3) is 11.3 Å². The first kappa shape index (κ1) is 21.4. The number of nitrogens with zero attached hydrogens (tertiary/aromatic N) is 4. The molecule has 9 nitrogen and oxygen atoms in total. The number of hydrogen-bond donors (Lipinski definition) is 2. The van der Waals surface area contributed by atoms with Gasteiger partial charge in [-0.2, -0.15) is 5.10 Å². The average Bonchev–Trinajstić information content (AvgIpc) is 3.57. The summed E-state index contributed by atoms with van der Waals surface area (Å²) in [5.74, 6) is 0.298. The van der Waals surface area contributed by atoms with Crippen molar-refractivity contribution >= 4 is 5.91 Å².